The van der Waals surface area contributed by atoms with E-state index in [1.54, 1.807) is 28.9 Å². The van der Waals surface area contributed by atoms with E-state index in [1.807, 2.05) is 12.3 Å². The molecule has 2 amide bonds. The fourth-order valence-corrected chi connectivity index (χ4v) is 3.88. The summed E-state index contributed by atoms with van der Waals surface area (Å²) in [6.07, 6.45) is 5.01. The summed E-state index contributed by atoms with van der Waals surface area (Å²) < 4.78 is 0. The lowest BCUT2D eigenvalue weighted by Crippen LogP contribution is -2.43. The van der Waals surface area contributed by atoms with Crippen LogP contribution in [0.25, 0.3) is 0 Å². The first-order chi connectivity index (χ1) is 10.2. The summed E-state index contributed by atoms with van der Waals surface area (Å²) in [5.41, 5.74) is 1.27. The highest BCUT2D eigenvalue weighted by Crippen LogP contribution is 2.41. The molecule has 0 aromatic carbocycles. The van der Waals surface area contributed by atoms with E-state index in [0.717, 1.165) is 11.4 Å². The van der Waals surface area contributed by atoms with E-state index in [0.29, 0.717) is 5.92 Å². The number of urea groups is 1. The van der Waals surface area contributed by atoms with Crippen LogP contribution in [0.3, 0.4) is 0 Å². The largest absolute Gasteiger partial charge is 0.335 e. The van der Waals surface area contributed by atoms with Crippen molar-refractivity contribution in [3.63, 3.8) is 0 Å². The summed E-state index contributed by atoms with van der Waals surface area (Å²) in [6.45, 7) is 2.03. The van der Waals surface area contributed by atoms with E-state index in [4.69, 9.17) is 0 Å². The summed E-state index contributed by atoms with van der Waals surface area (Å²) in [6, 6.07) is 2.20. The highest BCUT2D eigenvalue weighted by molar-refractivity contribution is 7.09. The lowest BCUT2D eigenvalue weighted by atomic mass is 10.1. The van der Waals surface area contributed by atoms with Crippen LogP contribution in [0, 0.1) is 5.92 Å². The maximum atomic E-state index is 12.2. The van der Waals surface area contributed by atoms with Crippen molar-refractivity contribution in [3.8, 4) is 0 Å². The second-order valence-corrected chi connectivity index (χ2v) is 7.25. The Labute approximate surface area is 132 Å². The maximum absolute atomic E-state index is 12.2. The molecule has 6 heteroatoms. The molecule has 1 saturated carbocycles. The van der Waals surface area contributed by atoms with Gasteiger partial charge in [-0.15, -0.1) is 11.3 Å². The highest BCUT2D eigenvalue weighted by Gasteiger charge is 2.35. The average Bonchev–Trinajstić information content (AvgIpc) is 2.92. The number of nitrogens with one attached hydrogen (secondary N) is 2. The number of carbonyl (C=O) groups is 1. The quantitative estimate of drug-likeness (QED) is 0.854. The van der Waals surface area contributed by atoms with Gasteiger partial charge in [-0.3, -0.25) is 0 Å². The van der Waals surface area contributed by atoms with Crippen LogP contribution in [0.15, 0.2) is 28.4 Å². The van der Waals surface area contributed by atoms with Gasteiger partial charge >= 0.3 is 6.03 Å². The van der Waals surface area contributed by atoms with Gasteiger partial charge in [0.1, 0.15) is 5.01 Å². The molecule has 1 fully saturated rings. The zero-order valence-electron chi connectivity index (χ0n) is 11.9. The monoisotopic (exact) mass is 321 g/mol. The molecule has 1 aliphatic carbocycles. The van der Waals surface area contributed by atoms with E-state index in [2.05, 4.69) is 32.4 Å². The van der Waals surface area contributed by atoms with E-state index in [-0.39, 0.29) is 18.1 Å². The van der Waals surface area contributed by atoms with Gasteiger partial charge in [0.2, 0.25) is 0 Å². The van der Waals surface area contributed by atoms with Gasteiger partial charge < -0.3 is 10.6 Å². The molecule has 3 rings (SSSR count). The number of hydrogen-bond acceptors (Lipinski definition) is 4. The lowest BCUT2D eigenvalue weighted by Gasteiger charge is -2.19. The molecular formula is C15H19N3OS2. The van der Waals surface area contributed by atoms with Gasteiger partial charge in [0.15, 0.2) is 0 Å². The van der Waals surface area contributed by atoms with Crippen molar-refractivity contribution in [2.45, 2.75) is 38.3 Å². The molecule has 21 heavy (non-hydrogen) atoms. The average molecular weight is 321 g/mol. The first-order valence-electron chi connectivity index (χ1n) is 7.20. The molecule has 2 heterocycles. The summed E-state index contributed by atoms with van der Waals surface area (Å²) in [4.78, 5) is 16.5. The molecule has 0 bridgehead atoms. The predicted molar refractivity (Wildman–Crippen MR) is 86.7 cm³/mol. The molecule has 0 aliphatic heterocycles. The van der Waals surface area contributed by atoms with Gasteiger partial charge in [0.05, 0.1) is 6.04 Å². The minimum atomic E-state index is -0.0928. The van der Waals surface area contributed by atoms with Gasteiger partial charge in [-0.05, 0) is 54.5 Å². The van der Waals surface area contributed by atoms with Crippen LogP contribution in [-0.2, 0) is 6.42 Å². The molecule has 2 atom stereocenters. The molecular weight excluding hydrogens is 302 g/mol. The maximum Gasteiger partial charge on any atom is 0.315 e. The second kappa shape index (κ2) is 6.58. The number of nitrogens with zero attached hydrogens (tertiary/aromatic N) is 1. The van der Waals surface area contributed by atoms with Crippen LogP contribution >= 0.6 is 22.7 Å². The lowest BCUT2D eigenvalue weighted by molar-refractivity contribution is 0.232. The van der Waals surface area contributed by atoms with Crippen LogP contribution in [0.4, 0.5) is 4.79 Å². The van der Waals surface area contributed by atoms with Crippen molar-refractivity contribution in [2.24, 2.45) is 5.92 Å². The van der Waals surface area contributed by atoms with Crippen molar-refractivity contribution >= 4 is 28.7 Å². The highest BCUT2D eigenvalue weighted by atomic mass is 32.1. The molecule has 0 spiro atoms. The molecule has 2 aromatic heterocycles. The fraction of sp³-hybridized carbons (Fsp3) is 0.467. The summed E-state index contributed by atoms with van der Waals surface area (Å²) in [7, 11) is 0. The number of carbonyl (C=O) groups excluding carboxylic acids is 1. The Morgan fingerprint density at radius 3 is 2.90 bits per heavy atom. The minimum absolute atomic E-state index is 0.0679. The van der Waals surface area contributed by atoms with Gasteiger partial charge in [-0.1, -0.05) is 0 Å². The predicted octanol–water partition coefficient (Wildman–Crippen LogP) is 3.59. The first kappa shape index (κ1) is 14.5. The number of rotatable bonds is 6. The summed E-state index contributed by atoms with van der Waals surface area (Å²) in [5.74, 6) is 0.550. The minimum Gasteiger partial charge on any atom is -0.335 e. The van der Waals surface area contributed by atoms with Crippen molar-refractivity contribution in [2.75, 3.05) is 0 Å². The topological polar surface area (TPSA) is 54.0 Å². The third-order valence-electron chi connectivity index (χ3n) is 3.60. The molecule has 1 aliphatic rings. The van der Waals surface area contributed by atoms with Gasteiger partial charge in [0, 0.05) is 17.6 Å². The second-order valence-electron chi connectivity index (χ2n) is 5.54. The van der Waals surface area contributed by atoms with Crippen LogP contribution in [-0.4, -0.2) is 17.1 Å². The Bertz CT molecular complexity index is 564. The Balaban J connectivity index is 1.52. The standard InChI is InChI=1S/C15H19N3OS2/c1-10(8-11-4-6-20-9-11)17-15(19)18-13(12-2-3-12)14-16-5-7-21-14/h4-7,9-10,12-13H,2-3,8H2,1H3,(H2,17,18,19). The zero-order valence-corrected chi connectivity index (χ0v) is 13.5. The molecule has 4 nitrogen and oxygen atoms in total. The molecule has 2 unspecified atom stereocenters. The van der Waals surface area contributed by atoms with Crippen LogP contribution in [0.5, 0.6) is 0 Å². The van der Waals surface area contributed by atoms with Gasteiger partial charge in [0.25, 0.3) is 0 Å². The Morgan fingerprint density at radius 2 is 2.29 bits per heavy atom. The number of aromatic nitrogens is 1. The normalized spacial score (nSPS) is 17.2. The van der Waals surface area contributed by atoms with E-state index >= 15 is 0 Å². The molecule has 0 saturated heterocycles. The third kappa shape index (κ3) is 4.04. The number of thiophene rings is 1. The van der Waals surface area contributed by atoms with E-state index in [9.17, 15) is 4.79 Å². The fourth-order valence-electron chi connectivity index (χ4n) is 2.42. The number of amides is 2. The third-order valence-corrected chi connectivity index (χ3v) is 5.19. The van der Waals surface area contributed by atoms with Crippen molar-refractivity contribution in [1.29, 1.82) is 0 Å². The Kier molecular flexibility index (Phi) is 4.55. The van der Waals surface area contributed by atoms with Crippen molar-refractivity contribution < 1.29 is 4.79 Å². The molecule has 112 valence electrons. The van der Waals surface area contributed by atoms with Gasteiger partial charge in [-0.2, -0.15) is 11.3 Å². The first-order valence-corrected chi connectivity index (χ1v) is 9.02. The van der Waals surface area contributed by atoms with E-state index in [1.165, 1.54) is 18.4 Å². The van der Waals surface area contributed by atoms with Crippen molar-refractivity contribution in [3.05, 3.63) is 39.0 Å². The van der Waals surface area contributed by atoms with Gasteiger partial charge in [-0.25, -0.2) is 9.78 Å². The smallest absolute Gasteiger partial charge is 0.315 e. The Morgan fingerprint density at radius 1 is 1.43 bits per heavy atom. The van der Waals surface area contributed by atoms with Crippen molar-refractivity contribution in [1.82, 2.24) is 15.6 Å². The van der Waals surface area contributed by atoms with Crippen LogP contribution in [0.1, 0.15) is 36.4 Å². The SMILES string of the molecule is CC(Cc1ccsc1)NC(=O)NC(c1nccs1)C1CC1. The van der Waals surface area contributed by atoms with Crippen LogP contribution in [0.2, 0.25) is 0 Å². The number of thiazole rings is 1. The number of hydrogen-bond donors (Lipinski definition) is 2. The van der Waals surface area contributed by atoms with Crippen LogP contribution < -0.4 is 10.6 Å². The molecule has 2 N–H and O–H groups in total. The van der Waals surface area contributed by atoms with E-state index < -0.39 is 0 Å². The molecule has 2 aromatic rings. The summed E-state index contributed by atoms with van der Waals surface area (Å²) in [5, 5.41) is 13.3. The summed E-state index contributed by atoms with van der Waals surface area (Å²) >= 11 is 3.30. The zero-order chi connectivity index (χ0) is 14.7. The Hall–Kier alpha value is -1.40. The molecule has 0 radical (unpaired) electrons.